The van der Waals surface area contributed by atoms with Crippen LogP contribution in [0.3, 0.4) is 0 Å². The first kappa shape index (κ1) is 20.3. The molecule has 0 atom stereocenters. The Labute approximate surface area is 180 Å². The molecule has 0 aliphatic rings. The van der Waals surface area contributed by atoms with E-state index in [1.54, 1.807) is 30.6 Å². The summed E-state index contributed by atoms with van der Waals surface area (Å²) in [6.07, 6.45) is 3.29. The molecule has 0 aliphatic carbocycles. The van der Waals surface area contributed by atoms with Crippen LogP contribution in [0.2, 0.25) is 0 Å². The molecule has 2 aromatic heterocycles. The van der Waals surface area contributed by atoms with E-state index in [1.165, 1.54) is 0 Å². The van der Waals surface area contributed by atoms with Gasteiger partial charge in [0.1, 0.15) is 0 Å². The summed E-state index contributed by atoms with van der Waals surface area (Å²) in [7, 11) is 0. The summed E-state index contributed by atoms with van der Waals surface area (Å²) in [5.41, 5.74) is 3.85. The first-order valence-corrected chi connectivity index (χ1v) is 10.1. The average Bonchev–Trinajstić information content (AvgIpc) is 3.20. The lowest BCUT2D eigenvalue weighted by Gasteiger charge is -2.07. The average molecular weight is 413 g/mol. The van der Waals surface area contributed by atoms with E-state index in [0.29, 0.717) is 30.8 Å². The van der Waals surface area contributed by atoms with Gasteiger partial charge >= 0.3 is 0 Å². The molecular formula is C24H23N5O2. The largest absolute Gasteiger partial charge is 0.352 e. The van der Waals surface area contributed by atoms with E-state index < -0.39 is 0 Å². The Balaban J connectivity index is 1.40. The molecule has 0 fully saturated rings. The van der Waals surface area contributed by atoms with E-state index in [9.17, 15) is 9.59 Å². The van der Waals surface area contributed by atoms with E-state index in [2.05, 4.69) is 20.7 Å². The van der Waals surface area contributed by atoms with Gasteiger partial charge in [-0.25, -0.2) is 9.67 Å². The van der Waals surface area contributed by atoms with Crippen molar-refractivity contribution in [2.24, 2.45) is 0 Å². The molecule has 0 saturated heterocycles. The van der Waals surface area contributed by atoms with Crippen LogP contribution < -0.4 is 10.6 Å². The molecule has 2 N–H and O–H groups in total. The predicted octanol–water partition coefficient (Wildman–Crippen LogP) is 3.16. The Bertz CT molecular complexity index is 1200. The zero-order valence-corrected chi connectivity index (χ0v) is 17.2. The molecule has 2 aromatic carbocycles. The van der Waals surface area contributed by atoms with Gasteiger partial charge in [0.05, 0.1) is 18.3 Å². The van der Waals surface area contributed by atoms with Gasteiger partial charge in [-0.15, -0.1) is 0 Å². The fraction of sp³-hybridized carbons (Fsp3) is 0.167. The highest BCUT2D eigenvalue weighted by atomic mass is 16.2. The van der Waals surface area contributed by atoms with Crippen LogP contribution in [0.1, 0.15) is 38.8 Å². The molecule has 4 aromatic rings. The number of amides is 2. The maximum atomic E-state index is 12.6. The molecule has 0 radical (unpaired) electrons. The van der Waals surface area contributed by atoms with E-state index in [4.69, 9.17) is 0 Å². The zero-order chi connectivity index (χ0) is 21.6. The lowest BCUT2D eigenvalue weighted by molar-refractivity contribution is 0.0943. The third-order valence-electron chi connectivity index (χ3n) is 4.92. The molecule has 0 bridgehead atoms. The van der Waals surface area contributed by atoms with Gasteiger partial charge in [0.15, 0.2) is 5.65 Å². The molecule has 0 unspecified atom stereocenters. The lowest BCUT2D eigenvalue weighted by atomic mass is 10.1. The Kier molecular flexibility index (Phi) is 6.03. The van der Waals surface area contributed by atoms with Crippen molar-refractivity contribution in [3.05, 3.63) is 95.3 Å². The molecule has 2 amide bonds. The second-order valence-corrected chi connectivity index (χ2v) is 7.16. The summed E-state index contributed by atoms with van der Waals surface area (Å²) in [6.45, 7) is 3.44. The normalized spacial score (nSPS) is 10.7. The summed E-state index contributed by atoms with van der Waals surface area (Å²) in [5, 5.41) is 10.9. The highest BCUT2D eigenvalue weighted by Crippen LogP contribution is 2.15. The van der Waals surface area contributed by atoms with Crippen molar-refractivity contribution in [3.8, 4) is 0 Å². The number of hydrogen-bond acceptors (Lipinski definition) is 4. The van der Waals surface area contributed by atoms with Crippen LogP contribution in [0.25, 0.3) is 11.0 Å². The summed E-state index contributed by atoms with van der Waals surface area (Å²) < 4.78 is 1.82. The van der Waals surface area contributed by atoms with Crippen molar-refractivity contribution in [1.82, 2.24) is 25.4 Å². The second-order valence-electron chi connectivity index (χ2n) is 7.16. The van der Waals surface area contributed by atoms with Crippen molar-refractivity contribution in [3.63, 3.8) is 0 Å². The number of fused-ring (bicyclic) bond motifs is 1. The van der Waals surface area contributed by atoms with Gasteiger partial charge < -0.3 is 10.6 Å². The fourth-order valence-corrected chi connectivity index (χ4v) is 3.29. The minimum atomic E-state index is -0.210. The molecular weight excluding hydrogens is 390 g/mol. The number of hydrogen-bond donors (Lipinski definition) is 2. The molecule has 0 spiro atoms. The second kappa shape index (κ2) is 9.21. The topological polar surface area (TPSA) is 88.9 Å². The van der Waals surface area contributed by atoms with Gasteiger partial charge in [0.25, 0.3) is 11.8 Å². The van der Waals surface area contributed by atoms with Crippen LogP contribution in [0.15, 0.2) is 73.1 Å². The van der Waals surface area contributed by atoms with Crippen LogP contribution in [0, 0.1) is 0 Å². The maximum Gasteiger partial charge on any atom is 0.253 e. The van der Waals surface area contributed by atoms with E-state index >= 15 is 0 Å². The number of carbonyl (C=O) groups is 2. The molecule has 31 heavy (non-hydrogen) atoms. The molecule has 156 valence electrons. The number of nitrogens with zero attached hydrogens (tertiary/aromatic N) is 3. The molecule has 0 aliphatic heterocycles. The van der Waals surface area contributed by atoms with E-state index in [0.717, 1.165) is 22.2 Å². The van der Waals surface area contributed by atoms with Gasteiger partial charge in [-0.1, -0.05) is 42.5 Å². The number of rotatable bonds is 7. The van der Waals surface area contributed by atoms with Crippen LogP contribution in [0.4, 0.5) is 0 Å². The Hall–Kier alpha value is -4.00. The first-order chi connectivity index (χ1) is 15.1. The SMILES string of the molecule is CCNC(=O)c1ccc(CNC(=O)c2cnc3c(cnn3Cc3ccccc3)c2)cc1. The maximum absolute atomic E-state index is 12.6. The number of benzene rings is 2. The lowest BCUT2D eigenvalue weighted by Crippen LogP contribution is -2.24. The molecule has 7 nitrogen and oxygen atoms in total. The number of nitrogens with one attached hydrogen (secondary N) is 2. The Morgan fingerprint density at radius 3 is 2.35 bits per heavy atom. The van der Waals surface area contributed by atoms with Gasteiger partial charge in [-0.3, -0.25) is 9.59 Å². The van der Waals surface area contributed by atoms with Crippen molar-refractivity contribution in [2.75, 3.05) is 6.54 Å². The fourth-order valence-electron chi connectivity index (χ4n) is 3.29. The summed E-state index contributed by atoms with van der Waals surface area (Å²) >= 11 is 0. The molecule has 0 saturated carbocycles. The predicted molar refractivity (Wildman–Crippen MR) is 119 cm³/mol. The minimum absolute atomic E-state index is 0.106. The Morgan fingerprint density at radius 1 is 0.871 bits per heavy atom. The smallest absolute Gasteiger partial charge is 0.253 e. The van der Waals surface area contributed by atoms with Gasteiger partial charge in [0, 0.05) is 30.2 Å². The molecule has 7 heteroatoms. The summed E-state index contributed by atoms with van der Waals surface area (Å²) in [4.78, 5) is 28.9. The Morgan fingerprint density at radius 2 is 1.61 bits per heavy atom. The zero-order valence-electron chi connectivity index (χ0n) is 17.2. The first-order valence-electron chi connectivity index (χ1n) is 10.1. The minimum Gasteiger partial charge on any atom is -0.352 e. The van der Waals surface area contributed by atoms with Gasteiger partial charge in [-0.05, 0) is 36.2 Å². The third-order valence-corrected chi connectivity index (χ3v) is 4.92. The molecule has 2 heterocycles. The highest BCUT2D eigenvalue weighted by Gasteiger charge is 2.11. The van der Waals surface area contributed by atoms with Crippen LogP contribution in [-0.4, -0.2) is 33.1 Å². The number of pyridine rings is 1. The van der Waals surface area contributed by atoms with Gasteiger partial charge in [0.2, 0.25) is 0 Å². The van der Waals surface area contributed by atoms with Crippen molar-refractivity contribution in [2.45, 2.75) is 20.0 Å². The van der Waals surface area contributed by atoms with Crippen molar-refractivity contribution >= 4 is 22.8 Å². The van der Waals surface area contributed by atoms with Crippen molar-refractivity contribution < 1.29 is 9.59 Å². The highest BCUT2D eigenvalue weighted by molar-refractivity contribution is 5.97. The number of aromatic nitrogens is 3. The summed E-state index contributed by atoms with van der Waals surface area (Å²) in [6, 6.07) is 19.0. The van der Waals surface area contributed by atoms with Crippen LogP contribution >= 0.6 is 0 Å². The van der Waals surface area contributed by atoms with Gasteiger partial charge in [-0.2, -0.15) is 5.10 Å². The van der Waals surface area contributed by atoms with Crippen LogP contribution in [-0.2, 0) is 13.1 Å². The van der Waals surface area contributed by atoms with E-state index in [1.807, 2.05) is 54.1 Å². The standard InChI is InChI=1S/C24H23N5O2/c1-2-25-23(30)19-10-8-17(9-11-19)13-27-24(31)21-12-20-15-28-29(22(20)26-14-21)16-18-6-4-3-5-7-18/h3-12,14-15H,2,13,16H2,1H3,(H,25,30)(H,27,31). The monoisotopic (exact) mass is 413 g/mol. The van der Waals surface area contributed by atoms with Crippen LogP contribution in [0.5, 0.6) is 0 Å². The van der Waals surface area contributed by atoms with E-state index in [-0.39, 0.29) is 11.8 Å². The third kappa shape index (κ3) is 4.78. The number of carbonyl (C=O) groups excluding carboxylic acids is 2. The molecule has 4 rings (SSSR count). The summed E-state index contributed by atoms with van der Waals surface area (Å²) in [5.74, 6) is -0.316. The quantitative estimate of drug-likeness (QED) is 0.487. The van der Waals surface area contributed by atoms with Crippen molar-refractivity contribution in [1.29, 1.82) is 0 Å².